The Hall–Kier alpha value is -3.13. The van der Waals surface area contributed by atoms with Crippen molar-refractivity contribution < 1.29 is 88.0 Å². The predicted molar refractivity (Wildman–Crippen MR) is 150 cm³/mol. The van der Waals surface area contributed by atoms with E-state index in [0.29, 0.717) is 0 Å². The van der Waals surface area contributed by atoms with Gasteiger partial charge in [0.05, 0.1) is 19.5 Å². The van der Waals surface area contributed by atoms with Crippen LogP contribution in [0.3, 0.4) is 0 Å². The Labute approximate surface area is 262 Å². The van der Waals surface area contributed by atoms with Gasteiger partial charge in [-0.1, -0.05) is 0 Å². The predicted octanol–water partition coefficient (Wildman–Crippen LogP) is -5.71. The maximum Gasteiger partial charge on any atom is 0.470 e. The van der Waals surface area contributed by atoms with Gasteiger partial charge in [-0.15, -0.1) is 0 Å². The molecule has 16 N–H and O–H groups in total. The lowest BCUT2D eigenvalue weighted by Crippen LogP contribution is -2.46. The molecule has 3 aromatic rings. The number of imidazole rings is 1. The maximum absolute atomic E-state index is 11.3. The molecule has 0 unspecified atom stereocenters. The SMILES string of the molecule is NC(=O)c1ccc[n+]([C@@H]2O[C@H](CO)[C@@H](O)[C@H]2O)c1.Nc1ncnc2c1ncn2[C@@H]1O[C@H](COP(=O)(O)O)[C@@H](O)[C@H]1OP(=O)(O)O.O.O. The molecule has 0 bridgehead atoms. The topological polar surface area (TPSA) is 412 Å². The number of amides is 1. The maximum atomic E-state index is 11.3. The molecule has 5 rings (SSSR count). The number of aromatic nitrogens is 5. The minimum atomic E-state index is -5.06. The van der Waals surface area contributed by atoms with Crippen molar-refractivity contribution in [3.05, 3.63) is 42.7 Å². The minimum absolute atomic E-state index is 0. The Morgan fingerprint density at radius 3 is 2.26 bits per heavy atom. The zero-order chi connectivity index (χ0) is 33.3. The van der Waals surface area contributed by atoms with E-state index >= 15 is 0 Å². The molecule has 0 aromatic carbocycles. The highest BCUT2D eigenvalue weighted by molar-refractivity contribution is 7.46. The van der Waals surface area contributed by atoms with Crippen LogP contribution in [0.4, 0.5) is 5.82 Å². The summed E-state index contributed by atoms with van der Waals surface area (Å²) in [7, 11) is -9.94. The molecular weight excluding hydrogens is 684 g/mol. The van der Waals surface area contributed by atoms with Gasteiger partial charge in [-0.25, -0.2) is 24.1 Å². The van der Waals surface area contributed by atoms with Crippen LogP contribution in [-0.2, 0) is 27.7 Å². The second kappa shape index (κ2) is 15.8. The summed E-state index contributed by atoms with van der Waals surface area (Å²) in [6.45, 7) is -1.17. The standard InChI is InChI=1S/C11H14N2O5.C10H15N5O10P2.2H2O/c12-10(17)6-2-1-3-13(4-6)11-9(16)8(15)7(5-14)18-11;11-8-5-9(13-2-12-8)15(3-14-5)10-7(25-27(20,21)22)6(16)4(24-10)1-23-26(17,18)19;;/h1-4,7-9,11,14-16H,5H2,(H-,12,17);2-4,6-7,10,16H,1H2,(H2,11,12,13)(H2,17,18,19)(H2,20,21,22);2*1H2/p+1/t7-,8-,9-,11-;4-,6-,7-,10-;;/m11../s1. The number of nitrogens with zero attached hydrogens (tertiary/aromatic N) is 5. The van der Waals surface area contributed by atoms with Crippen molar-refractivity contribution in [2.24, 2.45) is 5.73 Å². The normalized spacial score (nSPS) is 27.4. The third-order valence-electron chi connectivity index (χ3n) is 6.56. The summed E-state index contributed by atoms with van der Waals surface area (Å²) in [6, 6.07) is 3.11. The molecule has 2 aliphatic rings. The van der Waals surface area contributed by atoms with Crippen LogP contribution in [-0.4, -0.2) is 126 Å². The van der Waals surface area contributed by atoms with E-state index in [1.165, 1.54) is 27.7 Å². The molecule has 24 nitrogen and oxygen atoms in total. The number of nitrogens with two attached hydrogens (primary N) is 2. The van der Waals surface area contributed by atoms with Crippen LogP contribution in [0.5, 0.6) is 0 Å². The number of aliphatic hydroxyl groups excluding tert-OH is 4. The number of anilines is 1. The van der Waals surface area contributed by atoms with Crippen LogP contribution in [0.25, 0.3) is 11.2 Å². The van der Waals surface area contributed by atoms with E-state index in [2.05, 4.69) is 24.0 Å². The molecular formula is C21H34N7O17P2+. The third kappa shape index (κ3) is 9.49. The van der Waals surface area contributed by atoms with Crippen LogP contribution in [0.15, 0.2) is 37.2 Å². The lowest BCUT2D eigenvalue weighted by molar-refractivity contribution is -0.765. The highest BCUT2D eigenvalue weighted by atomic mass is 31.2. The number of phosphoric ester groups is 2. The fraction of sp³-hybridized carbons (Fsp3) is 0.476. The zero-order valence-corrected chi connectivity index (χ0v) is 25.5. The smallest absolute Gasteiger partial charge is 0.412 e. The minimum Gasteiger partial charge on any atom is -0.412 e. The summed E-state index contributed by atoms with van der Waals surface area (Å²) in [6.07, 6.45) is -4.87. The largest absolute Gasteiger partial charge is 0.470 e. The van der Waals surface area contributed by atoms with E-state index in [-0.39, 0.29) is 33.5 Å². The summed E-state index contributed by atoms with van der Waals surface area (Å²) < 4.78 is 44.4. The summed E-state index contributed by atoms with van der Waals surface area (Å²) >= 11 is 0. The average molecular weight is 718 g/mol. The van der Waals surface area contributed by atoms with Gasteiger partial charge in [0.25, 0.3) is 12.1 Å². The third-order valence-corrected chi connectivity index (χ3v) is 7.56. The van der Waals surface area contributed by atoms with Gasteiger partial charge in [-0.2, -0.15) is 4.57 Å². The van der Waals surface area contributed by atoms with E-state index in [4.69, 9.17) is 45.6 Å². The highest BCUT2D eigenvalue weighted by Gasteiger charge is 2.50. The molecule has 2 fully saturated rings. The first-order valence-electron chi connectivity index (χ1n) is 12.6. The Balaban J connectivity index is 0.000000337. The number of primary amides is 1. The van der Waals surface area contributed by atoms with Crippen LogP contribution in [0.1, 0.15) is 22.8 Å². The molecule has 8 atom stereocenters. The van der Waals surface area contributed by atoms with Crippen LogP contribution < -0.4 is 16.0 Å². The Bertz CT molecular complexity index is 1600. The number of nitrogen functional groups attached to an aromatic ring is 1. The zero-order valence-electron chi connectivity index (χ0n) is 23.7. The monoisotopic (exact) mass is 718 g/mol. The number of carbonyl (C=O) groups excluding carboxylic acids is 1. The molecule has 0 spiro atoms. The van der Waals surface area contributed by atoms with Crippen molar-refractivity contribution >= 4 is 38.5 Å². The molecule has 264 valence electrons. The number of fused-ring (bicyclic) bond motifs is 1. The number of hydrogen-bond donors (Lipinski definition) is 10. The molecule has 5 heterocycles. The molecule has 2 saturated heterocycles. The summed E-state index contributed by atoms with van der Waals surface area (Å²) in [4.78, 5) is 58.5. The fourth-order valence-corrected chi connectivity index (χ4v) is 5.39. The van der Waals surface area contributed by atoms with Crippen molar-refractivity contribution in [2.45, 2.75) is 49.1 Å². The van der Waals surface area contributed by atoms with Crippen molar-refractivity contribution in [1.82, 2.24) is 19.5 Å². The van der Waals surface area contributed by atoms with Gasteiger partial charge >= 0.3 is 15.6 Å². The Morgan fingerprint density at radius 2 is 1.68 bits per heavy atom. The number of carbonyl (C=O) groups is 1. The van der Waals surface area contributed by atoms with Gasteiger partial charge in [0.2, 0.25) is 0 Å². The lowest BCUT2D eigenvalue weighted by Gasteiger charge is -2.22. The van der Waals surface area contributed by atoms with Crippen molar-refractivity contribution in [2.75, 3.05) is 18.9 Å². The first kappa shape index (κ1) is 40.0. The number of aliphatic hydroxyl groups is 4. The van der Waals surface area contributed by atoms with Gasteiger partial charge in [-0.3, -0.25) is 18.4 Å². The van der Waals surface area contributed by atoms with Crippen molar-refractivity contribution in [1.29, 1.82) is 0 Å². The van der Waals surface area contributed by atoms with Crippen molar-refractivity contribution in [3.8, 4) is 0 Å². The second-order valence-electron chi connectivity index (χ2n) is 9.62. The van der Waals surface area contributed by atoms with Gasteiger partial charge in [-0.05, 0) is 6.07 Å². The van der Waals surface area contributed by atoms with E-state index in [1.54, 1.807) is 12.3 Å². The van der Waals surface area contributed by atoms with Gasteiger partial charge in [0, 0.05) is 6.07 Å². The molecule has 2 aliphatic heterocycles. The van der Waals surface area contributed by atoms with Crippen LogP contribution in [0.2, 0.25) is 0 Å². The van der Waals surface area contributed by atoms with Gasteiger partial charge in [0.1, 0.15) is 47.9 Å². The van der Waals surface area contributed by atoms with Gasteiger partial charge in [0.15, 0.2) is 36.2 Å². The fourth-order valence-electron chi connectivity index (χ4n) is 4.50. The summed E-state index contributed by atoms with van der Waals surface area (Å²) in [5, 5.41) is 38.7. The number of phosphoric acid groups is 2. The Morgan fingerprint density at radius 1 is 1.00 bits per heavy atom. The second-order valence-corrected chi connectivity index (χ2v) is 12.0. The van der Waals surface area contributed by atoms with E-state index in [1.807, 2.05) is 0 Å². The number of ether oxygens (including phenoxy) is 2. The lowest BCUT2D eigenvalue weighted by atomic mass is 10.1. The molecule has 47 heavy (non-hydrogen) atoms. The number of pyridine rings is 1. The quantitative estimate of drug-likeness (QED) is 0.0727. The summed E-state index contributed by atoms with van der Waals surface area (Å²) in [5.74, 6) is -0.567. The molecule has 26 heteroatoms. The first-order valence-corrected chi connectivity index (χ1v) is 15.7. The van der Waals surface area contributed by atoms with E-state index in [9.17, 15) is 29.2 Å². The number of hydrogen-bond acceptors (Lipinski definition) is 15. The molecule has 0 radical (unpaired) electrons. The average Bonchev–Trinajstić information content (AvgIpc) is 3.61. The molecule has 1 amide bonds. The molecule has 0 saturated carbocycles. The van der Waals surface area contributed by atoms with E-state index in [0.717, 1.165) is 6.33 Å². The molecule has 0 aliphatic carbocycles. The van der Waals surface area contributed by atoms with Crippen LogP contribution in [0, 0.1) is 0 Å². The number of rotatable bonds is 9. The van der Waals surface area contributed by atoms with Crippen LogP contribution >= 0.6 is 15.6 Å². The van der Waals surface area contributed by atoms with Crippen molar-refractivity contribution in [3.63, 3.8) is 0 Å². The summed E-state index contributed by atoms with van der Waals surface area (Å²) in [5.41, 5.74) is 11.4. The Kier molecular flexibility index (Phi) is 13.5. The van der Waals surface area contributed by atoms with E-state index < -0.39 is 83.8 Å². The molecule has 3 aromatic heterocycles. The van der Waals surface area contributed by atoms with Gasteiger partial charge < -0.3 is 71.9 Å². The highest BCUT2D eigenvalue weighted by Crippen LogP contribution is 2.46. The first-order chi connectivity index (χ1) is 21.0.